The molecule has 0 aliphatic rings. The van der Waals surface area contributed by atoms with Crippen LogP contribution in [0.1, 0.15) is 34.6 Å². The lowest BCUT2D eigenvalue weighted by Gasteiger charge is -2.06. The standard InChI is InChI=1S/C11H14O3.C7H6O3/c1-8(2)7-14-11(13)9-3-5-10(12)6-4-9;8-6-3-1-5(2-4-6)7(9)10/h3-6,8,12H,7H2,1-2H3;1-4,8H,(H,9,10). The molecule has 0 radical (unpaired) electrons. The number of carboxylic acid groups (broad SMARTS) is 1. The summed E-state index contributed by atoms with van der Waals surface area (Å²) in [7, 11) is 0. The van der Waals surface area contributed by atoms with Gasteiger partial charge in [0.15, 0.2) is 0 Å². The number of phenolic OH excluding ortho intramolecular Hbond substituents is 2. The van der Waals surface area contributed by atoms with E-state index in [2.05, 4.69) is 0 Å². The molecule has 0 amide bonds. The highest BCUT2D eigenvalue weighted by Gasteiger charge is 2.07. The van der Waals surface area contributed by atoms with E-state index in [9.17, 15) is 9.59 Å². The number of aromatic carboxylic acids is 1. The van der Waals surface area contributed by atoms with E-state index in [1.807, 2.05) is 13.8 Å². The summed E-state index contributed by atoms with van der Waals surface area (Å²) >= 11 is 0. The molecule has 0 saturated carbocycles. The highest BCUT2D eigenvalue weighted by molar-refractivity contribution is 5.89. The average Bonchev–Trinajstić information content (AvgIpc) is 2.54. The topological polar surface area (TPSA) is 104 Å². The highest BCUT2D eigenvalue weighted by atomic mass is 16.5. The number of carbonyl (C=O) groups is 2. The molecule has 3 N–H and O–H groups in total. The van der Waals surface area contributed by atoms with Crippen LogP contribution >= 0.6 is 0 Å². The Kier molecular flexibility index (Phi) is 7.29. The second-order valence-electron chi connectivity index (χ2n) is 5.39. The van der Waals surface area contributed by atoms with Gasteiger partial charge >= 0.3 is 11.9 Å². The third kappa shape index (κ3) is 6.83. The molecule has 0 unspecified atom stereocenters. The summed E-state index contributed by atoms with van der Waals surface area (Å²) in [4.78, 5) is 21.6. The molecule has 6 nitrogen and oxygen atoms in total. The van der Waals surface area contributed by atoms with Crippen LogP contribution in [0.25, 0.3) is 0 Å². The van der Waals surface area contributed by atoms with E-state index >= 15 is 0 Å². The molecule has 0 heterocycles. The van der Waals surface area contributed by atoms with Crippen LogP contribution in [0.2, 0.25) is 0 Å². The maximum atomic E-state index is 11.4. The minimum absolute atomic E-state index is 0.0741. The molecule has 2 aromatic carbocycles. The molecule has 0 bridgehead atoms. The van der Waals surface area contributed by atoms with Gasteiger partial charge < -0.3 is 20.1 Å². The SMILES string of the molecule is CC(C)COC(=O)c1ccc(O)cc1.O=C(O)c1ccc(O)cc1. The second-order valence-corrected chi connectivity index (χ2v) is 5.39. The van der Waals surface area contributed by atoms with Crippen LogP contribution in [0.3, 0.4) is 0 Å². The van der Waals surface area contributed by atoms with Crippen molar-refractivity contribution < 1.29 is 29.6 Å². The van der Waals surface area contributed by atoms with Crippen LogP contribution in [0.5, 0.6) is 11.5 Å². The highest BCUT2D eigenvalue weighted by Crippen LogP contribution is 2.11. The Morgan fingerprint density at radius 2 is 1.29 bits per heavy atom. The molecular weight excluding hydrogens is 312 g/mol. The van der Waals surface area contributed by atoms with Gasteiger partial charge in [-0.3, -0.25) is 0 Å². The quantitative estimate of drug-likeness (QED) is 0.742. The van der Waals surface area contributed by atoms with E-state index in [4.69, 9.17) is 20.1 Å². The molecule has 0 aromatic heterocycles. The minimum atomic E-state index is -0.986. The van der Waals surface area contributed by atoms with Crippen molar-refractivity contribution >= 4 is 11.9 Å². The number of ether oxygens (including phenoxy) is 1. The van der Waals surface area contributed by atoms with Gasteiger partial charge in [0.2, 0.25) is 0 Å². The lowest BCUT2D eigenvalue weighted by atomic mass is 10.2. The average molecular weight is 332 g/mol. The van der Waals surface area contributed by atoms with Crippen molar-refractivity contribution in [1.82, 2.24) is 0 Å². The molecule has 6 heteroatoms. The van der Waals surface area contributed by atoms with Gasteiger partial charge in [0.1, 0.15) is 11.5 Å². The van der Waals surface area contributed by atoms with E-state index in [1.54, 1.807) is 0 Å². The molecule has 0 aliphatic carbocycles. The third-order valence-electron chi connectivity index (χ3n) is 2.77. The zero-order valence-corrected chi connectivity index (χ0v) is 13.5. The van der Waals surface area contributed by atoms with Crippen LogP contribution in [-0.4, -0.2) is 33.9 Å². The van der Waals surface area contributed by atoms with Gasteiger partial charge in [0.05, 0.1) is 17.7 Å². The predicted molar refractivity (Wildman–Crippen MR) is 88.3 cm³/mol. The monoisotopic (exact) mass is 332 g/mol. The van der Waals surface area contributed by atoms with E-state index in [1.165, 1.54) is 48.5 Å². The van der Waals surface area contributed by atoms with Crippen molar-refractivity contribution in [1.29, 1.82) is 0 Å². The van der Waals surface area contributed by atoms with E-state index in [-0.39, 0.29) is 23.0 Å². The number of hydrogen-bond acceptors (Lipinski definition) is 5. The lowest BCUT2D eigenvalue weighted by Crippen LogP contribution is -2.09. The van der Waals surface area contributed by atoms with Crippen LogP contribution in [0.15, 0.2) is 48.5 Å². The maximum absolute atomic E-state index is 11.4. The van der Waals surface area contributed by atoms with E-state index < -0.39 is 5.97 Å². The zero-order valence-electron chi connectivity index (χ0n) is 13.5. The van der Waals surface area contributed by atoms with Gasteiger partial charge in [0.25, 0.3) is 0 Å². The molecular formula is C18H20O6. The van der Waals surface area contributed by atoms with Crippen molar-refractivity contribution in [3.63, 3.8) is 0 Å². The van der Waals surface area contributed by atoms with Crippen molar-refractivity contribution in [2.24, 2.45) is 5.92 Å². The first-order valence-electron chi connectivity index (χ1n) is 7.28. The maximum Gasteiger partial charge on any atom is 0.338 e. The summed E-state index contributed by atoms with van der Waals surface area (Å²) in [6.45, 7) is 4.37. The van der Waals surface area contributed by atoms with Gasteiger partial charge in [-0.25, -0.2) is 9.59 Å². The molecule has 24 heavy (non-hydrogen) atoms. The molecule has 128 valence electrons. The van der Waals surface area contributed by atoms with Gasteiger partial charge in [0, 0.05) is 0 Å². The first-order chi connectivity index (χ1) is 11.3. The van der Waals surface area contributed by atoms with Gasteiger partial charge in [-0.2, -0.15) is 0 Å². The first kappa shape index (κ1) is 19.0. The number of hydrogen-bond donors (Lipinski definition) is 3. The minimum Gasteiger partial charge on any atom is -0.508 e. The Balaban J connectivity index is 0.000000254. The number of rotatable bonds is 4. The molecule has 0 fully saturated rings. The fraction of sp³-hybridized carbons (Fsp3) is 0.222. The van der Waals surface area contributed by atoms with Crippen LogP contribution in [-0.2, 0) is 4.74 Å². The summed E-state index contributed by atoms with van der Waals surface area (Å²) in [5.74, 6) is -0.787. The number of aromatic hydroxyl groups is 2. The predicted octanol–water partition coefficient (Wildman–Crippen LogP) is 3.30. The van der Waals surface area contributed by atoms with Crippen molar-refractivity contribution in [3.8, 4) is 11.5 Å². The Hall–Kier alpha value is -3.02. The summed E-state index contributed by atoms with van der Waals surface area (Å²) in [5.41, 5.74) is 0.640. The van der Waals surface area contributed by atoms with Gasteiger partial charge in [-0.1, -0.05) is 13.8 Å². The smallest absolute Gasteiger partial charge is 0.338 e. The van der Waals surface area contributed by atoms with Crippen LogP contribution < -0.4 is 0 Å². The zero-order chi connectivity index (χ0) is 18.1. The number of phenols is 2. The van der Waals surface area contributed by atoms with E-state index in [0.29, 0.717) is 18.1 Å². The van der Waals surface area contributed by atoms with Gasteiger partial charge in [-0.05, 0) is 54.4 Å². The van der Waals surface area contributed by atoms with Gasteiger partial charge in [-0.15, -0.1) is 0 Å². The number of benzene rings is 2. The van der Waals surface area contributed by atoms with Crippen molar-refractivity contribution in [2.75, 3.05) is 6.61 Å². The fourth-order valence-electron chi connectivity index (χ4n) is 1.53. The van der Waals surface area contributed by atoms with Crippen molar-refractivity contribution in [2.45, 2.75) is 13.8 Å². The Bertz CT molecular complexity index is 659. The lowest BCUT2D eigenvalue weighted by molar-refractivity contribution is 0.0458. The Morgan fingerprint density at radius 1 is 0.875 bits per heavy atom. The number of carboxylic acids is 1. The molecule has 2 rings (SSSR count). The normalized spacial score (nSPS) is 9.79. The molecule has 2 aromatic rings. The number of carbonyl (C=O) groups excluding carboxylic acids is 1. The molecule has 0 spiro atoms. The largest absolute Gasteiger partial charge is 0.508 e. The van der Waals surface area contributed by atoms with Crippen molar-refractivity contribution in [3.05, 3.63) is 59.7 Å². The number of esters is 1. The molecule has 0 saturated heterocycles. The summed E-state index contributed by atoms with van der Waals surface area (Å²) in [5, 5.41) is 26.1. The Morgan fingerprint density at radius 3 is 1.67 bits per heavy atom. The van der Waals surface area contributed by atoms with Crippen LogP contribution in [0.4, 0.5) is 0 Å². The molecule has 0 atom stereocenters. The fourth-order valence-corrected chi connectivity index (χ4v) is 1.53. The Labute approximate surface area is 140 Å². The summed E-state index contributed by atoms with van der Waals surface area (Å²) < 4.78 is 5.01. The summed E-state index contributed by atoms with van der Waals surface area (Å²) in [6.07, 6.45) is 0. The van der Waals surface area contributed by atoms with Crippen LogP contribution in [0, 0.1) is 5.92 Å². The molecule has 0 aliphatic heterocycles. The van der Waals surface area contributed by atoms with E-state index in [0.717, 1.165) is 0 Å². The second kappa shape index (κ2) is 9.19. The third-order valence-corrected chi connectivity index (χ3v) is 2.77. The first-order valence-corrected chi connectivity index (χ1v) is 7.28. The summed E-state index contributed by atoms with van der Waals surface area (Å²) in [6, 6.07) is 11.4.